The predicted octanol–water partition coefficient (Wildman–Crippen LogP) is -0.693. The Bertz CT molecular complexity index is 288. The first-order chi connectivity index (χ1) is 5.85. The molecular weight excluding hydrogens is 201 g/mol. The van der Waals surface area contributed by atoms with Crippen molar-refractivity contribution in [3.05, 3.63) is 12.7 Å². The molecule has 7 heteroatoms. The van der Waals surface area contributed by atoms with E-state index >= 15 is 0 Å². The molecule has 0 aromatic rings. The maximum absolute atomic E-state index is 10.7. The van der Waals surface area contributed by atoms with Crippen molar-refractivity contribution in [2.24, 2.45) is 0 Å². The third kappa shape index (κ3) is 9.80. The van der Waals surface area contributed by atoms with Crippen molar-refractivity contribution < 1.29 is 17.8 Å². The summed E-state index contributed by atoms with van der Waals surface area (Å²) in [6.07, 6.45) is 1.28. The predicted molar refractivity (Wildman–Crippen MR) is 56.0 cm³/mol. The molecular formula is C7H14LiNO4S. The van der Waals surface area contributed by atoms with Crippen LogP contribution < -0.4 is 5.32 Å². The van der Waals surface area contributed by atoms with Crippen molar-refractivity contribution in [2.45, 2.75) is 19.4 Å². The number of hydrogen-bond donors (Lipinski definition) is 2. The summed E-state index contributed by atoms with van der Waals surface area (Å²) in [7, 11) is -3.94. The first-order valence-electron chi connectivity index (χ1n) is 3.73. The average Bonchev–Trinajstić information content (AvgIpc) is 1.99. The second-order valence-corrected chi connectivity index (χ2v) is 4.26. The fraction of sp³-hybridized carbons (Fsp3) is 0.571. The van der Waals surface area contributed by atoms with E-state index in [0.29, 0.717) is 0 Å². The number of hydrogen-bond acceptors (Lipinski definition) is 3. The molecule has 0 fully saturated rings. The van der Waals surface area contributed by atoms with E-state index in [-0.39, 0.29) is 43.0 Å². The first kappa shape index (κ1) is 16.2. The molecule has 0 saturated heterocycles. The van der Waals surface area contributed by atoms with Gasteiger partial charge in [0.2, 0.25) is 5.91 Å². The van der Waals surface area contributed by atoms with E-state index in [1.165, 1.54) is 0 Å². The molecule has 0 radical (unpaired) electrons. The van der Waals surface area contributed by atoms with Gasteiger partial charge in [0.1, 0.15) is 0 Å². The molecule has 1 atom stereocenters. The van der Waals surface area contributed by atoms with Crippen LogP contribution in [0.5, 0.6) is 0 Å². The van der Waals surface area contributed by atoms with Gasteiger partial charge in [-0.15, -0.1) is 0 Å². The SMILES string of the molecule is C=CC(=O)NC(C)CCS(=O)(=O)O.[LiH]. The maximum atomic E-state index is 10.7. The van der Waals surface area contributed by atoms with Gasteiger partial charge in [0.15, 0.2) is 0 Å². The zero-order valence-electron chi connectivity index (χ0n) is 7.36. The molecule has 0 aliphatic heterocycles. The van der Waals surface area contributed by atoms with Gasteiger partial charge in [0.25, 0.3) is 10.1 Å². The molecule has 0 aliphatic rings. The number of carbonyl (C=O) groups is 1. The van der Waals surface area contributed by atoms with Crippen molar-refractivity contribution >= 4 is 34.9 Å². The van der Waals surface area contributed by atoms with Crippen LogP contribution in [-0.4, -0.2) is 49.5 Å². The van der Waals surface area contributed by atoms with Gasteiger partial charge in [-0.1, -0.05) is 6.58 Å². The standard InChI is InChI=1S/C7H13NO4S.Li.H/c1-3-7(9)8-6(2)4-5-13(10,11)12;;/h3,6H,1,4-5H2,2H3,(H,8,9)(H,10,11,12);;. The van der Waals surface area contributed by atoms with Crippen molar-refractivity contribution in [3.8, 4) is 0 Å². The van der Waals surface area contributed by atoms with E-state index in [1.807, 2.05) is 0 Å². The van der Waals surface area contributed by atoms with Gasteiger partial charge in [0.05, 0.1) is 5.75 Å². The van der Waals surface area contributed by atoms with Crippen LogP contribution in [-0.2, 0) is 14.9 Å². The Labute approximate surface area is 95.9 Å². The molecule has 0 rings (SSSR count). The molecule has 0 aromatic carbocycles. The Morgan fingerprint density at radius 1 is 1.64 bits per heavy atom. The Morgan fingerprint density at radius 3 is 2.50 bits per heavy atom. The van der Waals surface area contributed by atoms with Crippen molar-refractivity contribution in [1.29, 1.82) is 0 Å². The van der Waals surface area contributed by atoms with Gasteiger partial charge in [-0.2, -0.15) is 8.42 Å². The quantitative estimate of drug-likeness (QED) is 0.361. The van der Waals surface area contributed by atoms with E-state index in [9.17, 15) is 13.2 Å². The van der Waals surface area contributed by atoms with Crippen LogP contribution in [0.4, 0.5) is 0 Å². The molecule has 0 saturated carbocycles. The first-order valence-corrected chi connectivity index (χ1v) is 5.34. The average molecular weight is 215 g/mol. The van der Waals surface area contributed by atoms with E-state index in [0.717, 1.165) is 6.08 Å². The van der Waals surface area contributed by atoms with E-state index < -0.39 is 10.1 Å². The van der Waals surface area contributed by atoms with Crippen LogP contribution in [0.3, 0.4) is 0 Å². The minimum atomic E-state index is -3.94. The third-order valence-corrected chi connectivity index (χ3v) is 2.13. The summed E-state index contributed by atoms with van der Waals surface area (Å²) in [6.45, 7) is 4.89. The van der Waals surface area contributed by atoms with E-state index in [1.54, 1.807) is 6.92 Å². The molecule has 2 N–H and O–H groups in total. The van der Waals surface area contributed by atoms with Crippen molar-refractivity contribution in [1.82, 2.24) is 5.32 Å². The van der Waals surface area contributed by atoms with Crippen LogP contribution >= 0.6 is 0 Å². The van der Waals surface area contributed by atoms with Crippen LogP contribution in [0, 0.1) is 0 Å². The van der Waals surface area contributed by atoms with E-state index in [2.05, 4.69) is 11.9 Å². The summed E-state index contributed by atoms with van der Waals surface area (Å²) in [5.41, 5.74) is 0. The van der Waals surface area contributed by atoms with Gasteiger partial charge in [0, 0.05) is 6.04 Å². The number of carbonyl (C=O) groups excluding carboxylic acids is 1. The molecule has 5 nitrogen and oxygen atoms in total. The second-order valence-electron chi connectivity index (χ2n) is 2.69. The van der Waals surface area contributed by atoms with Crippen LogP contribution in [0.2, 0.25) is 0 Å². The van der Waals surface area contributed by atoms with Crippen molar-refractivity contribution in [3.63, 3.8) is 0 Å². The molecule has 0 aliphatic carbocycles. The molecule has 0 bridgehead atoms. The molecule has 0 spiro atoms. The topological polar surface area (TPSA) is 83.5 Å². The normalized spacial score (nSPS) is 12.4. The van der Waals surface area contributed by atoms with Crippen molar-refractivity contribution in [2.75, 3.05) is 5.75 Å². The Hall–Kier alpha value is -0.283. The van der Waals surface area contributed by atoms with Gasteiger partial charge >= 0.3 is 18.9 Å². The van der Waals surface area contributed by atoms with Crippen LogP contribution in [0.25, 0.3) is 0 Å². The van der Waals surface area contributed by atoms with Crippen LogP contribution in [0.15, 0.2) is 12.7 Å². The second kappa shape index (κ2) is 7.07. The van der Waals surface area contributed by atoms with Gasteiger partial charge < -0.3 is 5.32 Å². The summed E-state index contributed by atoms with van der Waals surface area (Å²) in [5.74, 6) is -0.714. The zero-order chi connectivity index (χ0) is 10.5. The summed E-state index contributed by atoms with van der Waals surface area (Å²) in [6, 6.07) is -0.299. The third-order valence-electron chi connectivity index (χ3n) is 1.38. The van der Waals surface area contributed by atoms with Gasteiger partial charge in [-0.25, -0.2) is 0 Å². The molecule has 1 unspecified atom stereocenters. The Morgan fingerprint density at radius 2 is 2.14 bits per heavy atom. The Kier molecular flexibility index (Phi) is 8.16. The van der Waals surface area contributed by atoms with E-state index in [4.69, 9.17) is 4.55 Å². The summed E-state index contributed by atoms with van der Waals surface area (Å²) < 4.78 is 29.0. The molecule has 14 heavy (non-hydrogen) atoms. The molecule has 0 heterocycles. The fourth-order valence-electron chi connectivity index (χ4n) is 0.700. The molecule has 1 amide bonds. The summed E-state index contributed by atoms with van der Waals surface area (Å²) >= 11 is 0. The monoisotopic (exact) mass is 215 g/mol. The summed E-state index contributed by atoms with van der Waals surface area (Å²) in [5, 5.41) is 2.47. The number of rotatable bonds is 5. The minimum absolute atomic E-state index is 0. The zero-order valence-corrected chi connectivity index (χ0v) is 8.17. The molecule has 0 aromatic heterocycles. The van der Waals surface area contributed by atoms with Crippen LogP contribution in [0.1, 0.15) is 13.3 Å². The summed E-state index contributed by atoms with van der Waals surface area (Å²) in [4.78, 5) is 10.7. The molecule has 78 valence electrons. The number of nitrogens with one attached hydrogen (secondary N) is 1. The fourth-order valence-corrected chi connectivity index (χ4v) is 1.35. The number of amides is 1. The Balaban J connectivity index is 0. The van der Waals surface area contributed by atoms with Gasteiger partial charge in [-0.05, 0) is 19.4 Å². The van der Waals surface area contributed by atoms with Gasteiger partial charge in [-0.3, -0.25) is 9.35 Å².